The molecule has 18 heavy (non-hydrogen) atoms. The van der Waals surface area contributed by atoms with Crippen LogP contribution in [0.4, 0.5) is 9.59 Å². The van der Waals surface area contributed by atoms with E-state index in [2.05, 4.69) is 15.4 Å². The Kier molecular flexibility index (Phi) is 4.81. The maximum Gasteiger partial charge on any atom is 0.407 e. The van der Waals surface area contributed by atoms with E-state index in [1.165, 1.54) is 7.11 Å². The molecule has 6 heteroatoms. The third-order valence-electron chi connectivity index (χ3n) is 2.68. The SMILES string of the molecule is COC(=O)NC[C@H]1C[C@H](NC(=O)OC(C)(C)C)C1. The Morgan fingerprint density at radius 1 is 1.22 bits per heavy atom. The van der Waals surface area contributed by atoms with E-state index in [0.717, 1.165) is 12.8 Å². The molecule has 1 aliphatic rings. The van der Waals surface area contributed by atoms with Crippen LogP contribution in [-0.4, -0.2) is 37.5 Å². The number of alkyl carbamates (subject to hydrolysis) is 2. The lowest BCUT2D eigenvalue weighted by molar-refractivity contribution is 0.0451. The van der Waals surface area contributed by atoms with Crippen LogP contribution < -0.4 is 10.6 Å². The standard InChI is InChI=1S/C12H22N2O4/c1-12(2,3)18-11(16)14-9-5-8(6-9)7-13-10(15)17-4/h8-9H,5-7H2,1-4H3,(H,13,15)(H,14,16)/t8-,9-. The lowest BCUT2D eigenvalue weighted by atomic mass is 9.80. The summed E-state index contributed by atoms with van der Waals surface area (Å²) < 4.78 is 9.63. The minimum atomic E-state index is -0.473. The number of nitrogens with one attached hydrogen (secondary N) is 2. The Hall–Kier alpha value is -1.46. The number of ether oxygens (including phenoxy) is 2. The van der Waals surface area contributed by atoms with Crippen LogP contribution in [0.2, 0.25) is 0 Å². The second kappa shape index (κ2) is 5.93. The molecule has 1 aliphatic carbocycles. The fourth-order valence-electron chi connectivity index (χ4n) is 1.79. The van der Waals surface area contributed by atoms with Crippen LogP contribution in [0, 0.1) is 5.92 Å². The summed E-state index contributed by atoms with van der Waals surface area (Å²) in [6.45, 7) is 6.07. The summed E-state index contributed by atoms with van der Waals surface area (Å²) in [6.07, 6.45) is 0.900. The Morgan fingerprint density at radius 3 is 2.33 bits per heavy atom. The Bertz CT molecular complexity index is 306. The maximum absolute atomic E-state index is 11.5. The van der Waals surface area contributed by atoms with Gasteiger partial charge in [0.2, 0.25) is 0 Å². The number of rotatable bonds is 3. The molecular weight excluding hydrogens is 236 g/mol. The largest absolute Gasteiger partial charge is 0.453 e. The molecule has 1 fully saturated rings. The van der Waals surface area contributed by atoms with E-state index >= 15 is 0 Å². The fraction of sp³-hybridized carbons (Fsp3) is 0.833. The number of carbonyl (C=O) groups is 2. The predicted octanol–water partition coefficient (Wildman–Crippen LogP) is 1.65. The van der Waals surface area contributed by atoms with Gasteiger partial charge < -0.3 is 20.1 Å². The topological polar surface area (TPSA) is 76.7 Å². The molecular formula is C12H22N2O4. The van der Waals surface area contributed by atoms with Gasteiger partial charge in [0.15, 0.2) is 0 Å². The van der Waals surface area contributed by atoms with Gasteiger partial charge >= 0.3 is 12.2 Å². The molecule has 0 aromatic heterocycles. The average Bonchev–Trinajstić information content (AvgIpc) is 2.17. The van der Waals surface area contributed by atoms with Crippen molar-refractivity contribution in [1.29, 1.82) is 0 Å². The number of amides is 2. The van der Waals surface area contributed by atoms with E-state index in [1.807, 2.05) is 20.8 Å². The van der Waals surface area contributed by atoms with Crippen LogP contribution in [0.15, 0.2) is 0 Å². The van der Waals surface area contributed by atoms with Gasteiger partial charge in [0.05, 0.1) is 7.11 Å². The molecule has 0 aromatic rings. The first-order chi connectivity index (χ1) is 8.30. The van der Waals surface area contributed by atoms with Gasteiger partial charge in [-0.1, -0.05) is 0 Å². The van der Waals surface area contributed by atoms with Crippen molar-refractivity contribution in [3.8, 4) is 0 Å². The Morgan fingerprint density at radius 2 is 1.83 bits per heavy atom. The van der Waals surface area contributed by atoms with Crippen molar-refractivity contribution in [2.75, 3.05) is 13.7 Å². The summed E-state index contributed by atoms with van der Waals surface area (Å²) in [6, 6.07) is 0.143. The van der Waals surface area contributed by atoms with Crippen molar-refractivity contribution in [3.63, 3.8) is 0 Å². The molecule has 0 bridgehead atoms. The molecule has 6 nitrogen and oxygen atoms in total. The zero-order valence-electron chi connectivity index (χ0n) is 11.4. The second-order valence-corrected chi connectivity index (χ2v) is 5.55. The summed E-state index contributed by atoms with van der Waals surface area (Å²) in [5, 5.41) is 5.44. The summed E-state index contributed by atoms with van der Waals surface area (Å²) in [4.78, 5) is 22.3. The number of carbonyl (C=O) groups excluding carboxylic acids is 2. The second-order valence-electron chi connectivity index (χ2n) is 5.55. The van der Waals surface area contributed by atoms with Crippen LogP contribution in [0.3, 0.4) is 0 Å². The molecule has 1 saturated carbocycles. The monoisotopic (exact) mass is 258 g/mol. The highest BCUT2D eigenvalue weighted by atomic mass is 16.6. The molecule has 0 atom stereocenters. The summed E-state index contributed by atoms with van der Waals surface area (Å²) in [5.74, 6) is 0.393. The van der Waals surface area contributed by atoms with Gasteiger partial charge in [0, 0.05) is 12.6 Å². The lowest BCUT2D eigenvalue weighted by Gasteiger charge is -2.36. The minimum absolute atomic E-state index is 0.143. The quantitative estimate of drug-likeness (QED) is 0.807. The van der Waals surface area contributed by atoms with E-state index in [9.17, 15) is 9.59 Å². The van der Waals surface area contributed by atoms with Crippen LogP contribution in [0.25, 0.3) is 0 Å². The van der Waals surface area contributed by atoms with Crippen LogP contribution >= 0.6 is 0 Å². The third kappa shape index (κ3) is 5.25. The van der Waals surface area contributed by atoms with E-state index in [0.29, 0.717) is 12.5 Å². The normalized spacial score (nSPS) is 22.7. The number of methoxy groups -OCH3 is 1. The van der Waals surface area contributed by atoms with Crippen molar-refractivity contribution in [3.05, 3.63) is 0 Å². The van der Waals surface area contributed by atoms with E-state index in [-0.39, 0.29) is 12.1 Å². The van der Waals surface area contributed by atoms with Gasteiger partial charge in [0.1, 0.15) is 5.60 Å². The van der Waals surface area contributed by atoms with E-state index in [4.69, 9.17) is 4.74 Å². The summed E-state index contributed by atoms with van der Waals surface area (Å²) in [5.41, 5.74) is -0.473. The zero-order chi connectivity index (χ0) is 13.8. The summed E-state index contributed by atoms with van der Waals surface area (Å²) in [7, 11) is 1.34. The molecule has 0 radical (unpaired) electrons. The number of hydrogen-bond donors (Lipinski definition) is 2. The van der Waals surface area contributed by atoms with Gasteiger partial charge in [-0.05, 0) is 39.5 Å². The van der Waals surface area contributed by atoms with Gasteiger partial charge in [-0.25, -0.2) is 9.59 Å². The van der Waals surface area contributed by atoms with Gasteiger partial charge in [-0.15, -0.1) is 0 Å². The average molecular weight is 258 g/mol. The maximum atomic E-state index is 11.5. The Balaban J connectivity index is 2.12. The van der Waals surface area contributed by atoms with Crippen molar-refractivity contribution >= 4 is 12.2 Å². The highest BCUT2D eigenvalue weighted by Gasteiger charge is 2.31. The molecule has 0 unspecified atom stereocenters. The molecule has 104 valence electrons. The lowest BCUT2D eigenvalue weighted by Crippen LogP contribution is -2.48. The highest BCUT2D eigenvalue weighted by Crippen LogP contribution is 2.26. The molecule has 0 aromatic carbocycles. The molecule has 2 amide bonds. The van der Waals surface area contributed by atoms with E-state index in [1.54, 1.807) is 0 Å². The first-order valence-corrected chi connectivity index (χ1v) is 6.11. The Labute approximate surface area is 107 Å². The van der Waals surface area contributed by atoms with Crippen molar-refractivity contribution in [2.45, 2.75) is 45.3 Å². The third-order valence-corrected chi connectivity index (χ3v) is 2.68. The molecule has 0 heterocycles. The first kappa shape index (κ1) is 14.6. The highest BCUT2D eigenvalue weighted by molar-refractivity contribution is 5.68. The molecule has 2 N–H and O–H groups in total. The van der Waals surface area contributed by atoms with Gasteiger partial charge in [-0.3, -0.25) is 0 Å². The van der Waals surface area contributed by atoms with Gasteiger partial charge in [0.25, 0.3) is 0 Å². The predicted molar refractivity (Wildman–Crippen MR) is 66.3 cm³/mol. The van der Waals surface area contributed by atoms with Crippen molar-refractivity contribution in [1.82, 2.24) is 10.6 Å². The summed E-state index contributed by atoms with van der Waals surface area (Å²) >= 11 is 0. The fourth-order valence-corrected chi connectivity index (χ4v) is 1.79. The van der Waals surface area contributed by atoms with E-state index < -0.39 is 11.7 Å². The van der Waals surface area contributed by atoms with Crippen LogP contribution in [-0.2, 0) is 9.47 Å². The van der Waals surface area contributed by atoms with Crippen molar-refractivity contribution in [2.24, 2.45) is 5.92 Å². The smallest absolute Gasteiger partial charge is 0.407 e. The molecule has 0 aliphatic heterocycles. The molecule has 0 saturated heterocycles. The van der Waals surface area contributed by atoms with Gasteiger partial charge in [-0.2, -0.15) is 0 Å². The molecule has 0 spiro atoms. The van der Waals surface area contributed by atoms with Crippen LogP contribution in [0.5, 0.6) is 0 Å². The number of hydrogen-bond acceptors (Lipinski definition) is 4. The van der Waals surface area contributed by atoms with Crippen LogP contribution in [0.1, 0.15) is 33.6 Å². The molecule has 1 rings (SSSR count). The minimum Gasteiger partial charge on any atom is -0.453 e. The zero-order valence-corrected chi connectivity index (χ0v) is 11.4. The first-order valence-electron chi connectivity index (χ1n) is 6.11. The van der Waals surface area contributed by atoms with Crippen molar-refractivity contribution < 1.29 is 19.1 Å².